The maximum Gasteiger partial charge on any atom is 0.270 e. The van der Waals surface area contributed by atoms with E-state index in [1.807, 2.05) is 0 Å². The van der Waals surface area contributed by atoms with Gasteiger partial charge in [-0.1, -0.05) is 12.1 Å². The highest BCUT2D eigenvalue weighted by molar-refractivity contribution is 7.80. The van der Waals surface area contributed by atoms with Gasteiger partial charge in [-0.05, 0) is 36.5 Å². The molecule has 0 aromatic heterocycles. The Balaban J connectivity index is 2.11. The predicted molar refractivity (Wildman–Crippen MR) is 109 cm³/mol. The molecular formula is C20H17FN2O5S. The lowest BCUT2D eigenvalue weighted by molar-refractivity contribution is -0.122. The van der Waals surface area contributed by atoms with Crippen LogP contribution in [0.5, 0.6) is 17.2 Å². The van der Waals surface area contributed by atoms with Crippen molar-refractivity contribution < 1.29 is 28.2 Å². The third kappa shape index (κ3) is 3.77. The minimum Gasteiger partial charge on any atom is -0.496 e. The fourth-order valence-electron chi connectivity index (χ4n) is 2.83. The topological polar surface area (TPSA) is 77.1 Å². The van der Waals surface area contributed by atoms with Crippen molar-refractivity contribution in [2.24, 2.45) is 0 Å². The molecule has 7 nitrogen and oxygen atoms in total. The number of ether oxygens (including phenoxy) is 3. The van der Waals surface area contributed by atoms with Crippen molar-refractivity contribution in [3.63, 3.8) is 0 Å². The number of methoxy groups -OCH3 is 3. The fraction of sp³-hybridized carbons (Fsp3) is 0.150. The smallest absolute Gasteiger partial charge is 0.270 e. The number of hydrogen-bond donors (Lipinski definition) is 1. The Morgan fingerprint density at radius 3 is 2.24 bits per heavy atom. The van der Waals surface area contributed by atoms with Gasteiger partial charge in [-0.2, -0.15) is 0 Å². The number of halogens is 1. The monoisotopic (exact) mass is 416 g/mol. The lowest BCUT2D eigenvalue weighted by atomic mass is 10.1. The molecule has 0 radical (unpaired) electrons. The molecule has 29 heavy (non-hydrogen) atoms. The van der Waals surface area contributed by atoms with Crippen LogP contribution in [0.4, 0.5) is 10.1 Å². The van der Waals surface area contributed by atoms with Crippen molar-refractivity contribution >= 4 is 40.9 Å². The van der Waals surface area contributed by atoms with Gasteiger partial charge in [-0.3, -0.25) is 14.9 Å². The first-order chi connectivity index (χ1) is 13.9. The number of hydrogen-bond acceptors (Lipinski definition) is 6. The summed E-state index contributed by atoms with van der Waals surface area (Å²) in [6.07, 6.45) is 1.33. The van der Waals surface area contributed by atoms with Gasteiger partial charge in [0.2, 0.25) is 0 Å². The number of anilines is 1. The number of para-hydroxylation sites is 1. The van der Waals surface area contributed by atoms with Crippen molar-refractivity contribution in [1.29, 1.82) is 0 Å². The number of carbonyl (C=O) groups excluding carboxylic acids is 2. The predicted octanol–water partition coefficient (Wildman–Crippen LogP) is 2.68. The molecule has 0 spiro atoms. The first-order valence-electron chi connectivity index (χ1n) is 8.37. The summed E-state index contributed by atoms with van der Waals surface area (Å²) < 4.78 is 30.1. The van der Waals surface area contributed by atoms with Crippen LogP contribution >= 0.6 is 12.2 Å². The van der Waals surface area contributed by atoms with E-state index >= 15 is 0 Å². The normalized spacial score (nSPS) is 15.4. The molecule has 1 saturated heterocycles. The highest BCUT2D eigenvalue weighted by Gasteiger charge is 2.36. The molecule has 1 fully saturated rings. The second-order valence-electron chi connectivity index (χ2n) is 5.86. The highest BCUT2D eigenvalue weighted by atomic mass is 32.1. The van der Waals surface area contributed by atoms with Gasteiger partial charge in [0.05, 0.1) is 27.0 Å². The van der Waals surface area contributed by atoms with E-state index in [0.717, 1.165) is 4.90 Å². The number of amides is 2. The van der Waals surface area contributed by atoms with Crippen LogP contribution in [0.1, 0.15) is 5.56 Å². The van der Waals surface area contributed by atoms with Crippen LogP contribution in [0.2, 0.25) is 0 Å². The quantitative estimate of drug-likeness (QED) is 0.459. The van der Waals surface area contributed by atoms with Gasteiger partial charge in [0.25, 0.3) is 11.8 Å². The molecule has 2 amide bonds. The zero-order valence-electron chi connectivity index (χ0n) is 15.8. The van der Waals surface area contributed by atoms with Gasteiger partial charge in [0.1, 0.15) is 17.1 Å². The third-order valence-electron chi connectivity index (χ3n) is 4.23. The van der Waals surface area contributed by atoms with Gasteiger partial charge < -0.3 is 14.2 Å². The SMILES string of the molecule is COc1cc(OC)c(OC)cc1/C=C1\C(=O)NC(=S)N(c2ccccc2F)C1=O. The lowest BCUT2D eigenvalue weighted by Gasteiger charge is -2.29. The van der Waals surface area contributed by atoms with Crippen molar-refractivity contribution in [2.75, 3.05) is 26.2 Å². The van der Waals surface area contributed by atoms with Gasteiger partial charge in [-0.25, -0.2) is 9.29 Å². The van der Waals surface area contributed by atoms with Crippen molar-refractivity contribution in [2.45, 2.75) is 0 Å². The van der Waals surface area contributed by atoms with Crippen molar-refractivity contribution in [3.05, 3.63) is 53.4 Å². The van der Waals surface area contributed by atoms with E-state index in [1.165, 1.54) is 45.6 Å². The number of nitrogens with zero attached hydrogens (tertiary/aromatic N) is 1. The third-order valence-corrected chi connectivity index (χ3v) is 4.52. The van der Waals surface area contributed by atoms with Crippen LogP contribution in [-0.4, -0.2) is 38.3 Å². The minimum absolute atomic E-state index is 0.0623. The molecule has 0 atom stereocenters. The maximum absolute atomic E-state index is 14.2. The second kappa shape index (κ2) is 8.27. The van der Waals surface area contributed by atoms with Crippen LogP contribution in [0.3, 0.4) is 0 Å². The molecular weight excluding hydrogens is 399 g/mol. The van der Waals surface area contributed by atoms with Crippen molar-refractivity contribution in [3.8, 4) is 17.2 Å². The largest absolute Gasteiger partial charge is 0.496 e. The molecule has 1 aliphatic heterocycles. The molecule has 2 aromatic rings. The van der Waals surface area contributed by atoms with E-state index in [0.29, 0.717) is 22.8 Å². The summed E-state index contributed by atoms with van der Waals surface area (Å²) in [5.41, 5.74) is 0.0880. The number of carbonyl (C=O) groups is 2. The van der Waals surface area contributed by atoms with Crippen LogP contribution in [0.25, 0.3) is 6.08 Å². The molecule has 3 rings (SSSR count). The van der Waals surface area contributed by atoms with Gasteiger partial charge in [0, 0.05) is 11.6 Å². The van der Waals surface area contributed by atoms with E-state index in [1.54, 1.807) is 18.2 Å². The van der Waals surface area contributed by atoms with E-state index < -0.39 is 17.6 Å². The van der Waals surface area contributed by atoms with E-state index in [4.69, 9.17) is 26.4 Å². The molecule has 0 unspecified atom stereocenters. The van der Waals surface area contributed by atoms with E-state index in [2.05, 4.69) is 5.32 Å². The van der Waals surface area contributed by atoms with E-state index in [-0.39, 0.29) is 16.4 Å². The number of nitrogens with one attached hydrogen (secondary N) is 1. The molecule has 9 heteroatoms. The summed E-state index contributed by atoms with van der Waals surface area (Å²) >= 11 is 5.08. The summed E-state index contributed by atoms with van der Waals surface area (Å²) in [6.45, 7) is 0. The van der Waals surface area contributed by atoms with Crippen LogP contribution < -0.4 is 24.4 Å². The minimum atomic E-state index is -0.763. The summed E-state index contributed by atoms with van der Waals surface area (Å²) in [5.74, 6) is -0.973. The van der Waals surface area contributed by atoms with Crippen LogP contribution in [-0.2, 0) is 9.59 Å². The Hall–Kier alpha value is -3.46. The summed E-state index contributed by atoms with van der Waals surface area (Å²) in [5, 5.41) is 2.20. The average molecular weight is 416 g/mol. The molecule has 0 bridgehead atoms. The molecule has 1 aliphatic rings. The standard InChI is InChI=1S/C20H17FN2O5S/c1-26-15-10-17(28-3)16(27-2)9-11(15)8-12-18(24)22-20(29)23(19(12)25)14-7-5-4-6-13(14)21/h4-10H,1-3H3,(H,22,24,29)/b12-8+. The van der Waals surface area contributed by atoms with Crippen LogP contribution in [0.15, 0.2) is 42.0 Å². The molecule has 150 valence electrons. The Bertz CT molecular complexity index is 1040. The van der Waals surface area contributed by atoms with Crippen LogP contribution in [0, 0.1) is 5.82 Å². The van der Waals surface area contributed by atoms with E-state index in [9.17, 15) is 14.0 Å². The van der Waals surface area contributed by atoms with Crippen molar-refractivity contribution in [1.82, 2.24) is 5.32 Å². The zero-order valence-corrected chi connectivity index (χ0v) is 16.6. The Kier molecular flexibility index (Phi) is 5.79. The Morgan fingerprint density at radius 2 is 1.62 bits per heavy atom. The average Bonchev–Trinajstić information content (AvgIpc) is 2.71. The molecule has 1 heterocycles. The molecule has 0 saturated carbocycles. The van der Waals surface area contributed by atoms with Gasteiger partial charge in [0.15, 0.2) is 16.6 Å². The molecule has 2 aromatic carbocycles. The number of benzene rings is 2. The second-order valence-corrected chi connectivity index (χ2v) is 6.25. The zero-order chi connectivity index (χ0) is 21.1. The Labute approximate surface area is 171 Å². The molecule has 0 aliphatic carbocycles. The lowest BCUT2D eigenvalue weighted by Crippen LogP contribution is -2.54. The summed E-state index contributed by atoms with van der Waals surface area (Å²) in [4.78, 5) is 26.4. The van der Waals surface area contributed by atoms with Gasteiger partial charge in [-0.15, -0.1) is 0 Å². The fourth-order valence-corrected chi connectivity index (χ4v) is 3.10. The maximum atomic E-state index is 14.2. The summed E-state index contributed by atoms with van der Waals surface area (Å²) in [7, 11) is 4.37. The highest BCUT2D eigenvalue weighted by Crippen LogP contribution is 2.36. The first kappa shape index (κ1) is 20.3. The number of thiocarbonyl (C=S) groups is 1. The number of rotatable bonds is 5. The molecule has 1 N–H and O–H groups in total. The van der Waals surface area contributed by atoms with Gasteiger partial charge >= 0.3 is 0 Å². The summed E-state index contributed by atoms with van der Waals surface area (Å²) in [6, 6.07) is 8.76. The first-order valence-corrected chi connectivity index (χ1v) is 8.78. The Morgan fingerprint density at radius 1 is 1.00 bits per heavy atom.